The Morgan fingerprint density at radius 1 is 1.24 bits per heavy atom. The maximum atomic E-state index is 12.0. The average molecular weight is 327 g/mol. The highest BCUT2D eigenvalue weighted by atomic mass is 35.5. The van der Waals surface area contributed by atoms with E-state index in [4.69, 9.17) is 22.5 Å². The van der Waals surface area contributed by atoms with Gasteiger partial charge in [-0.1, -0.05) is 11.6 Å². The number of nitrogen functional groups attached to an aromatic ring is 1. The molecule has 9 heteroatoms. The van der Waals surface area contributed by atoms with Gasteiger partial charge in [0.25, 0.3) is 5.91 Å². The summed E-state index contributed by atoms with van der Waals surface area (Å²) in [6, 6.07) is 6.88. The lowest BCUT2D eigenvalue weighted by atomic mass is 10.2. The number of benzene rings is 1. The molecule has 0 aliphatic heterocycles. The smallest absolute Gasteiger partial charge is 0.255 e. The quantitative estimate of drug-likeness (QED) is 0.577. The van der Waals surface area contributed by atoms with E-state index in [0.717, 1.165) is 6.07 Å². The van der Waals surface area contributed by atoms with Crippen LogP contribution in [0.3, 0.4) is 0 Å². The summed E-state index contributed by atoms with van der Waals surface area (Å²) in [5.74, 6) is -0.524. The van der Waals surface area contributed by atoms with Crippen molar-refractivity contribution in [1.29, 1.82) is 0 Å². The van der Waals surface area contributed by atoms with Gasteiger partial charge in [-0.25, -0.2) is 18.5 Å². The van der Waals surface area contributed by atoms with E-state index in [0.29, 0.717) is 5.69 Å². The van der Waals surface area contributed by atoms with Gasteiger partial charge < -0.3 is 11.1 Å². The number of primary sulfonamides is 1. The van der Waals surface area contributed by atoms with Crippen LogP contribution in [0.2, 0.25) is 5.15 Å². The van der Waals surface area contributed by atoms with Crippen molar-refractivity contribution in [2.24, 2.45) is 5.14 Å². The highest BCUT2D eigenvalue weighted by molar-refractivity contribution is 7.89. The standard InChI is InChI=1S/C12H11ClN4O3S/c13-11-4-2-8(6-16-11)17-12(18)7-1-3-9(14)10(5-7)21(15,19)20/h1-6H,14H2,(H,17,18)(H2,15,19,20). The van der Waals surface area contributed by atoms with Gasteiger partial charge in [0.05, 0.1) is 17.6 Å². The molecule has 0 aliphatic carbocycles. The van der Waals surface area contributed by atoms with E-state index in [1.807, 2.05) is 0 Å². The molecular formula is C12H11ClN4O3S. The van der Waals surface area contributed by atoms with Gasteiger partial charge >= 0.3 is 0 Å². The summed E-state index contributed by atoms with van der Waals surface area (Å²) < 4.78 is 22.7. The van der Waals surface area contributed by atoms with Gasteiger partial charge in [-0.2, -0.15) is 0 Å². The van der Waals surface area contributed by atoms with Crippen LogP contribution in [0.5, 0.6) is 0 Å². The van der Waals surface area contributed by atoms with Crippen LogP contribution in [0.4, 0.5) is 11.4 Å². The van der Waals surface area contributed by atoms with Crippen molar-refractivity contribution in [3.63, 3.8) is 0 Å². The molecule has 0 fully saturated rings. The largest absolute Gasteiger partial charge is 0.398 e. The molecule has 0 saturated carbocycles. The average Bonchev–Trinajstić information content (AvgIpc) is 2.40. The number of nitrogens with zero attached hydrogens (tertiary/aromatic N) is 1. The van der Waals surface area contributed by atoms with Crippen LogP contribution in [-0.2, 0) is 10.0 Å². The second-order valence-corrected chi connectivity index (χ2v) is 6.04. The van der Waals surface area contributed by atoms with Crippen LogP contribution in [0, 0.1) is 0 Å². The van der Waals surface area contributed by atoms with E-state index in [-0.39, 0.29) is 21.3 Å². The van der Waals surface area contributed by atoms with Crippen molar-refractivity contribution in [2.75, 3.05) is 11.1 Å². The normalized spacial score (nSPS) is 11.1. The molecule has 2 rings (SSSR count). The highest BCUT2D eigenvalue weighted by Gasteiger charge is 2.16. The third kappa shape index (κ3) is 3.69. The van der Waals surface area contributed by atoms with E-state index in [9.17, 15) is 13.2 Å². The molecule has 7 nitrogen and oxygen atoms in total. The molecule has 1 heterocycles. The monoisotopic (exact) mass is 326 g/mol. The molecule has 0 radical (unpaired) electrons. The van der Waals surface area contributed by atoms with Crippen molar-refractivity contribution >= 4 is 38.9 Å². The van der Waals surface area contributed by atoms with Gasteiger partial charge in [0.1, 0.15) is 10.0 Å². The lowest BCUT2D eigenvalue weighted by molar-refractivity contribution is 0.102. The number of pyridine rings is 1. The Morgan fingerprint density at radius 2 is 1.95 bits per heavy atom. The lowest BCUT2D eigenvalue weighted by Gasteiger charge is -2.08. The molecule has 21 heavy (non-hydrogen) atoms. The molecule has 0 bridgehead atoms. The Balaban J connectivity index is 2.30. The Labute approximate surface area is 126 Å². The van der Waals surface area contributed by atoms with Crippen molar-refractivity contribution in [3.8, 4) is 0 Å². The zero-order valence-electron chi connectivity index (χ0n) is 10.6. The molecule has 0 unspecified atom stereocenters. The zero-order valence-corrected chi connectivity index (χ0v) is 12.1. The summed E-state index contributed by atoms with van der Waals surface area (Å²) >= 11 is 5.64. The number of sulfonamides is 1. The van der Waals surface area contributed by atoms with Crippen LogP contribution in [-0.4, -0.2) is 19.3 Å². The fourth-order valence-electron chi connectivity index (χ4n) is 1.58. The Bertz CT molecular complexity index is 791. The third-order valence-electron chi connectivity index (χ3n) is 2.57. The summed E-state index contributed by atoms with van der Waals surface area (Å²) in [6.07, 6.45) is 1.37. The van der Waals surface area contributed by atoms with Crippen molar-refractivity contribution in [2.45, 2.75) is 4.90 Å². The van der Waals surface area contributed by atoms with Gasteiger partial charge in [-0.15, -0.1) is 0 Å². The van der Waals surface area contributed by atoms with Crippen molar-refractivity contribution in [3.05, 3.63) is 47.2 Å². The molecule has 1 amide bonds. The Kier molecular flexibility index (Phi) is 4.12. The van der Waals surface area contributed by atoms with Crippen LogP contribution in [0.1, 0.15) is 10.4 Å². The number of aromatic nitrogens is 1. The molecule has 110 valence electrons. The first-order chi connectivity index (χ1) is 9.77. The summed E-state index contributed by atoms with van der Waals surface area (Å²) in [4.78, 5) is 15.6. The van der Waals surface area contributed by atoms with Gasteiger partial charge in [0, 0.05) is 5.56 Å². The van der Waals surface area contributed by atoms with Crippen LogP contribution in [0.25, 0.3) is 0 Å². The lowest BCUT2D eigenvalue weighted by Crippen LogP contribution is -2.17. The second kappa shape index (κ2) is 5.68. The maximum Gasteiger partial charge on any atom is 0.255 e. The number of rotatable bonds is 3. The Morgan fingerprint density at radius 3 is 2.52 bits per heavy atom. The minimum absolute atomic E-state index is 0.0257. The van der Waals surface area contributed by atoms with E-state index in [1.54, 1.807) is 6.07 Å². The van der Waals surface area contributed by atoms with E-state index in [2.05, 4.69) is 10.3 Å². The molecule has 0 saturated heterocycles. The minimum Gasteiger partial charge on any atom is -0.398 e. The number of nitrogens with one attached hydrogen (secondary N) is 1. The number of anilines is 2. The van der Waals surface area contributed by atoms with Crippen LogP contribution < -0.4 is 16.2 Å². The zero-order chi connectivity index (χ0) is 15.6. The van der Waals surface area contributed by atoms with Crippen LogP contribution in [0.15, 0.2) is 41.4 Å². The molecule has 0 atom stereocenters. The highest BCUT2D eigenvalue weighted by Crippen LogP contribution is 2.19. The summed E-state index contributed by atoms with van der Waals surface area (Å²) in [5.41, 5.74) is 6.02. The first-order valence-electron chi connectivity index (χ1n) is 5.62. The maximum absolute atomic E-state index is 12.0. The number of carbonyl (C=O) groups is 1. The molecule has 1 aromatic heterocycles. The summed E-state index contributed by atoms with van der Waals surface area (Å²) in [6.45, 7) is 0. The first-order valence-corrected chi connectivity index (χ1v) is 7.55. The number of halogens is 1. The summed E-state index contributed by atoms with van der Waals surface area (Å²) in [5, 5.41) is 7.87. The van der Waals surface area contributed by atoms with E-state index >= 15 is 0 Å². The van der Waals surface area contributed by atoms with Crippen molar-refractivity contribution < 1.29 is 13.2 Å². The first kappa shape index (κ1) is 15.2. The molecule has 5 N–H and O–H groups in total. The molecule has 1 aromatic carbocycles. The fourth-order valence-corrected chi connectivity index (χ4v) is 2.37. The second-order valence-electron chi connectivity index (χ2n) is 4.12. The minimum atomic E-state index is -4.00. The Hall–Kier alpha value is -2.16. The van der Waals surface area contributed by atoms with E-state index in [1.165, 1.54) is 24.4 Å². The van der Waals surface area contributed by atoms with Gasteiger partial charge in [0.15, 0.2) is 0 Å². The predicted molar refractivity (Wildman–Crippen MR) is 79.4 cm³/mol. The number of carbonyl (C=O) groups excluding carboxylic acids is 1. The van der Waals surface area contributed by atoms with Gasteiger partial charge in [-0.05, 0) is 30.3 Å². The van der Waals surface area contributed by atoms with Gasteiger partial charge in [-0.3, -0.25) is 4.79 Å². The number of amides is 1. The SMILES string of the molecule is Nc1ccc(C(=O)Nc2ccc(Cl)nc2)cc1S(N)(=O)=O. The number of hydrogen-bond donors (Lipinski definition) is 3. The van der Waals surface area contributed by atoms with E-state index < -0.39 is 15.9 Å². The number of nitrogens with two attached hydrogens (primary N) is 2. The summed E-state index contributed by atoms with van der Waals surface area (Å²) in [7, 11) is -4.00. The number of hydrogen-bond acceptors (Lipinski definition) is 5. The third-order valence-corrected chi connectivity index (χ3v) is 3.76. The molecule has 0 spiro atoms. The van der Waals surface area contributed by atoms with Gasteiger partial charge in [0.2, 0.25) is 10.0 Å². The van der Waals surface area contributed by atoms with Crippen LogP contribution >= 0.6 is 11.6 Å². The molecular weight excluding hydrogens is 316 g/mol. The van der Waals surface area contributed by atoms with Crippen molar-refractivity contribution in [1.82, 2.24) is 4.98 Å². The predicted octanol–water partition coefficient (Wildman–Crippen LogP) is 1.22. The fraction of sp³-hybridized carbons (Fsp3) is 0. The molecule has 2 aromatic rings. The topological polar surface area (TPSA) is 128 Å². The molecule has 0 aliphatic rings.